The number of Topliss-reactive ketones (excluding diaryl/α,β-unsaturated/α-hetero) is 1. The number of aryl methyl sites for hydroxylation is 2. The van der Waals surface area contributed by atoms with E-state index in [0.29, 0.717) is 0 Å². The van der Waals surface area contributed by atoms with Crippen molar-refractivity contribution in [2.45, 2.75) is 19.8 Å². The molecule has 0 radical (unpaired) electrons. The molecule has 0 saturated heterocycles. The molecule has 0 spiro atoms. The summed E-state index contributed by atoms with van der Waals surface area (Å²) in [6, 6.07) is 6.88. The van der Waals surface area contributed by atoms with Crippen molar-refractivity contribution in [1.29, 1.82) is 0 Å². The Morgan fingerprint density at radius 1 is 1.24 bits per heavy atom. The van der Waals surface area contributed by atoms with E-state index in [9.17, 15) is 9.18 Å². The lowest BCUT2D eigenvalue weighted by atomic mass is 9.91. The van der Waals surface area contributed by atoms with Gasteiger partial charge in [0.25, 0.3) is 0 Å². The monoisotopic (exact) mass is 246 g/mol. The molecule has 1 aliphatic rings. The second-order valence-electron chi connectivity index (χ2n) is 4.32. The van der Waals surface area contributed by atoms with E-state index in [2.05, 4.69) is 0 Å². The van der Waals surface area contributed by atoms with Gasteiger partial charge in [0, 0.05) is 4.88 Å². The average Bonchev–Trinajstić information content (AvgIpc) is 2.73. The third-order valence-corrected chi connectivity index (χ3v) is 4.45. The fourth-order valence-electron chi connectivity index (χ4n) is 2.26. The number of rotatable bonds is 1. The SMILES string of the molecule is CC(=O)c1cc2c(s1)-c1cc(F)ccc1CC2. The third kappa shape index (κ3) is 1.71. The number of carbonyl (C=O) groups excluding carboxylic acids is 1. The van der Waals surface area contributed by atoms with Crippen molar-refractivity contribution in [1.82, 2.24) is 0 Å². The van der Waals surface area contributed by atoms with Gasteiger partial charge in [0.05, 0.1) is 4.88 Å². The molecule has 17 heavy (non-hydrogen) atoms. The van der Waals surface area contributed by atoms with Crippen LogP contribution in [0.15, 0.2) is 24.3 Å². The zero-order valence-electron chi connectivity index (χ0n) is 9.42. The van der Waals surface area contributed by atoms with Gasteiger partial charge in [-0.15, -0.1) is 11.3 Å². The first-order chi connectivity index (χ1) is 8.15. The standard InChI is InChI=1S/C14H11FOS/c1-8(16)13-6-10-3-2-9-4-5-11(15)7-12(9)14(10)17-13/h4-7H,2-3H2,1H3. The van der Waals surface area contributed by atoms with Gasteiger partial charge in [-0.05, 0) is 54.7 Å². The summed E-state index contributed by atoms with van der Waals surface area (Å²) in [6.07, 6.45) is 1.87. The summed E-state index contributed by atoms with van der Waals surface area (Å²) in [5.41, 5.74) is 3.32. The van der Waals surface area contributed by atoms with E-state index in [1.54, 1.807) is 13.0 Å². The number of hydrogen-bond donors (Lipinski definition) is 0. The normalized spacial score (nSPS) is 13.1. The number of carbonyl (C=O) groups is 1. The fourth-order valence-corrected chi connectivity index (χ4v) is 3.42. The van der Waals surface area contributed by atoms with Crippen LogP contribution >= 0.6 is 11.3 Å². The van der Waals surface area contributed by atoms with Crippen LogP contribution in [-0.4, -0.2) is 5.78 Å². The molecule has 1 aromatic carbocycles. The van der Waals surface area contributed by atoms with E-state index < -0.39 is 0 Å². The second-order valence-corrected chi connectivity index (χ2v) is 5.37. The van der Waals surface area contributed by atoms with Gasteiger partial charge in [-0.25, -0.2) is 4.39 Å². The highest BCUT2D eigenvalue weighted by Gasteiger charge is 2.20. The Balaban J connectivity index is 2.21. The highest BCUT2D eigenvalue weighted by atomic mass is 32.1. The average molecular weight is 246 g/mol. The highest BCUT2D eigenvalue weighted by Crippen LogP contribution is 2.39. The first-order valence-electron chi connectivity index (χ1n) is 5.57. The molecule has 86 valence electrons. The Kier molecular flexibility index (Phi) is 2.37. The van der Waals surface area contributed by atoms with Gasteiger partial charge < -0.3 is 0 Å². The van der Waals surface area contributed by atoms with Crippen LogP contribution in [0, 0.1) is 5.82 Å². The number of benzene rings is 1. The van der Waals surface area contributed by atoms with Gasteiger partial charge in [-0.1, -0.05) is 6.07 Å². The molecule has 0 saturated carbocycles. The van der Waals surface area contributed by atoms with Gasteiger partial charge in [-0.2, -0.15) is 0 Å². The molecule has 0 unspecified atom stereocenters. The lowest BCUT2D eigenvalue weighted by Crippen LogP contribution is -2.01. The highest BCUT2D eigenvalue weighted by molar-refractivity contribution is 7.17. The summed E-state index contributed by atoms with van der Waals surface area (Å²) in [4.78, 5) is 13.2. The Labute approximate surface area is 103 Å². The molecule has 1 aromatic heterocycles. The van der Waals surface area contributed by atoms with E-state index in [4.69, 9.17) is 0 Å². The van der Waals surface area contributed by atoms with Crippen molar-refractivity contribution in [3.8, 4) is 10.4 Å². The van der Waals surface area contributed by atoms with Crippen molar-refractivity contribution in [3.05, 3.63) is 46.1 Å². The quantitative estimate of drug-likeness (QED) is 0.698. The molecule has 1 nitrogen and oxygen atoms in total. The predicted molar refractivity (Wildman–Crippen MR) is 67.1 cm³/mol. The molecule has 0 aliphatic heterocycles. The molecule has 3 rings (SSSR count). The molecule has 0 atom stereocenters. The lowest BCUT2D eigenvalue weighted by Gasteiger charge is -2.15. The molecule has 0 N–H and O–H groups in total. The molecular weight excluding hydrogens is 235 g/mol. The minimum Gasteiger partial charge on any atom is -0.294 e. The van der Waals surface area contributed by atoms with Crippen LogP contribution in [0.4, 0.5) is 4.39 Å². The summed E-state index contributed by atoms with van der Waals surface area (Å²) in [5, 5.41) is 0. The summed E-state index contributed by atoms with van der Waals surface area (Å²) in [7, 11) is 0. The van der Waals surface area contributed by atoms with Crippen molar-refractivity contribution in [2.75, 3.05) is 0 Å². The van der Waals surface area contributed by atoms with Crippen LogP contribution < -0.4 is 0 Å². The molecule has 0 amide bonds. The Morgan fingerprint density at radius 2 is 2.00 bits per heavy atom. The minimum atomic E-state index is -0.214. The molecule has 0 bridgehead atoms. The van der Waals surface area contributed by atoms with Crippen molar-refractivity contribution in [3.63, 3.8) is 0 Å². The number of thiophene rings is 1. The Bertz CT molecular complexity index is 613. The molecule has 2 aromatic rings. The first-order valence-corrected chi connectivity index (χ1v) is 6.39. The topological polar surface area (TPSA) is 17.1 Å². The molecule has 1 heterocycles. The number of hydrogen-bond acceptors (Lipinski definition) is 2. The summed E-state index contributed by atoms with van der Waals surface area (Å²) in [5.74, 6) is -0.128. The fraction of sp³-hybridized carbons (Fsp3) is 0.214. The smallest absolute Gasteiger partial charge is 0.169 e. The Morgan fingerprint density at radius 3 is 2.76 bits per heavy atom. The molecule has 3 heteroatoms. The second kappa shape index (κ2) is 3.77. The maximum atomic E-state index is 13.3. The number of halogens is 1. The number of ketones is 1. The van der Waals surface area contributed by atoms with E-state index in [1.807, 2.05) is 12.1 Å². The van der Waals surface area contributed by atoms with E-state index in [1.165, 1.54) is 28.5 Å². The Hall–Kier alpha value is -1.48. The van der Waals surface area contributed by atoms with Crippen molar-refractivity contribution < 1.29 is 9.18 Å². The van der Waals surface area contributed by atoms with Crippen LogP contribution in [0.5, 0.6) is 0 Å². The minimum absolute atomic E-state index is 0.0855. The van der Waals surface area contributed by atoms with Gasteiger partial charge >= 0.3 is 0 Å². The van der Waals surface area contributed by atoms with Crippen molar-refractivity contribution >= 4 is 17.1 Å². The van der Waals surface area contributed by atoms with Gasteiger partial charge in [-0.3, -0.25) is 4.79 Å². The van der Waals surface area contributed by atoms with Crippen LogP contribution in [0.2, 0.25) is 0 Å². The first kappa shape index (κ1) is 10.7. The molecular formula is C14H11FOS. The molecule has 1 aliphatic carbocycles. The van der Waals surface area contributed by atoms with Crippen molar-refractivity contribution in [2.24, 2.45) is 0 Å². The van der Waals surface area contributed by atoms with Crippen LogP contribution in [0.3, 0.4) is 0 Å². The summed E-state index contributed by atoms with van der Waals surface area (Å²) in [6.45, 7) is 1.57. The number of fused-ring (bicyclic) bond motifs is 3. The maximum Gasteiger partial charge on any atom is 0.169 e. The third-order valence-electron chi connectivity index (χ3n) is 3.14. The van der Waals surface area contributed by atoms with E-state index >= 15 is 0 Å². The predicted octanol–water partition coefficient (Wildman–Crippen LogP) is 3.86. The summed E-state index contributed by atoms with van der Waals surface area (Å²) < 4.78 is 13.3. The van der Waals surface area contributed by atoms with Gasteiger partial charge in [0.2, 0.25) is 0 Å². The lowest BCUT2D eigenvalue weighted by molar-refractivity contribution is 0.102. The van der Waals surface area contributed by atoms with Crippen LogP contribution in [0.25, 0.3) is 10.4 Å². The van der Waals surface area contributed by atoms with Gasteiger partial charge in [0.1, 0.15) is 5.82 Å². The zero-order chi connectivity index (χ0) is 12.0. The van der Waals surface area contributed by atoms with Crippen LogP contribution in [0.1, 0.15) is 27.7 Å². The largest absolute Gasteiger partial charge is 0.294 e. The van der Waals surface area contributed by atoms with E-state index in [0.717, 1.165) is 28.2 Å². The van der Waals surface area contributed by atoms with E-state index in [-0.39, 0.29) is 11.6 Å². The zero-order valence-corrected chi connectivity index (χ0v) is 10.2. The molecule has 0 fully saturated rings. The van der Waals surface area contributed by atoms with Gasteiger partial charge in [0.15, 0.2) is 5.78 Å². The maximum absolute atomic E-state index is 13.3. The summed E-state index contributed by atoms with van der Waals surface area (Å²) >= 11 is 1.48. The van der Waals surface area contributed by atoms with Crippen LogP contribution in [-0.2, 0) is 12.8 Å².